The monoisotopic (exact) mass is 274 g/mol. The van der Waals surface area contributed by atoms with Crippen molar-refractivity contribution in [1.29, 1.82) is 5.26 Å². The van der Waals surface area contributed by atoms with Crippen LogP contribution in [0.25, 0.3) is 11.3 Å². The first-order valence-corrected chi connectivity index (χ1v) is 6.62. The lowest BCUT2D eigenvalue weighted by molar-refractivity contribution is 0.390. The molecule has 0 N–H and O–H groups in total. The van der Waals surface area contributed by atoms with E-state index in [1.54, 1.807) is 14.2 Å². The molecule has 0 saturated heterocycles. The lowest BCUT2D eigenvalue weighted by Gasteiger charge is -2.13. The van der Waals surface area contributed by atoms with Crippen molar-refractivity contribution in [2.24, 2.45) is 0 Å². The van der Waals surface area contributed by atoms with Gasteiger partial charge in [0.1, 0.15) is 16.5 Å². The van der Waals surface area contributed by atoms with Crippen LogP contribution >= 0.6 is 11.3 Å². The van der Waals surface area contributed by atoms with Crippen LogP contribution < -0.4 is 9.47 Å². The number of nitrogens with zero attached hydrogens (tertiary/aromatic N) is 2. The lowest BCUT2D eigenvalue weighted by atomic mass is 10.1. The van der Waals surface area contributed by atoms with Crippen molar-refractivity contribution < 1.29 is 9.47 Å². The molecule has 5 heteroatoms. The van der Waals surface area contributed by atoms with Crippen molar-refractivity contribution in [3.05, 3.63) is 28.1 Å². The highest BCUT2D eigenvalue weighted by Gasteiger charge is 2.15. The van der Waals surface area contributed by atoms with Crippen molar-refractivity contribution in [2.45, 2.75) is 13.3 Å². The van der Waals surface area contributed by atoms with Gasteiger partial charge in [0.05, 0.1) is 32.4 Å². The van der Waals surface area contributed by atoms with Crippen molar-refractivity contribution in [3.8, 4) is 28.8 Å². The summed E-state index contributed by atoms with van der Waals surface area (Å²) in [6.45, 7) is 1.95. The van der Waals surface area contributed by atoms with Crippen LogP contribution in [0.4, 0.5) is 0 Å². The molecule has 2 rings (SSSR count). The minimum absolute atomic E-state index is 0.335. The van der Waals surface area contributed by atoms with E-state index in [0.29, 0.717) is 6.42 Å². The van der Waals surface area contributed by atoms with Crippen LogP contribution in [0.5, 0.6) is 11.5 Å². The highest BCUT2D eigenvalue weighted by atomic mass is 32.1. The van der Waals surface area contributed by atoms with Crippen LogP contribution in [0.1, 0.15) is 10.6 Å². The molecule has 0 unspecified atom stereocenters. The van der Waals surface area contributed by atoms with Gasteiger partial charge in [-0.05, 0) is 19.1 Å². The minimum atomic E-state index is 0.335. The van der Waals surface area contributed by atoms with Gasteiger partial charge in [-0.3, -0.25) is 0 Å². The van der Waals surface area contributed by atoms with Crippen LogP contribution in [0, 0.1) is 18.3 Å². The second kappa shape index (κ2) is 5.72. The second-order valence-electron chi connectivity index (χ2n) is 3.94. The highest BCUT2D eigenvalue weighted by molar-refractivity contribution is 7.10. The van der Waals surface area contributed by atoms with Crippen LogP contribution in [0.3, 0.4) is 0 Å². The molecule has 2 aromatic rings. The first kappa shape index (κ1) is 13.4. The normalized spacial score (nSPS) is 10.0. The molecule has 0 amide bonds. The molecule has 0 radical (unpaired) electrons. The molecular formula is C14H14N2O2S. The molecule has 0 fully saturated rings. The zero-order valence-electron chi connectivity index (χ0n) is 11.1. The van der Waals surface area contributed by atoms with E-state index in [1.165, 1.54) is 11.3 Å². The number of aromatic nitrogens is 1. The number of thiazole rings is 1. The van der Waals surface area contributed by atoms with Gasteiger partial charge in [0.25, 0.3) is 0 Å². The fourth-order valence-corrected chi connectivity index (χ4v) is 2.67. The van der Waals surface area contributed by atoms with Gasteiger partial charge in [-0.15, -0.1) is 11.3 Å². The van der Waals surface area contributed by atoms with Crippen LogP contribution in [0.2, 0.25) is 0 Å². The zero-order chi connectivity index (χ0) is 13.8. The molecule has 0 saturated carbocycles. The summed E-state index contributed by atoms with van der Waals surface area (Å²) >= 11 is 1.48. The van der Waals surface area contributed by atoms with Gasteiger partial charge in [-0.1, -0.05) is 0 Å². The maximum absolute atomic E-state index is 8.69. The fourth-order valence-electron chi connectivity index (χ4n) is 1.94. The maximum atomic E-state index is 8.69. The Kier molecular flexibility index (Phi) is 4.03. The SMILES string of the molecule is COc1ccc(-c2csc(CC#N)n2)c(OC)c1C. The van der Waals surface area contributed by atoms with Gasteiger partial charge in [0.15, 0.2) is 0 Å². The summed E-state index contributed by atoms with van der Waals surface area (Å²) in [6.07, 6.45) is 0.335. The van der Waals surface area contributed by atoms with E-state index in [1.807, 2.05) is 24.4 Å². The van der Waals surface area contributed by atoms with Gasteiger partial charge >= 0.3 is 0 Å². The molecule has 0 aliphatic heterocycles. The standard InChI is InChI=1S/C14H14N2O2S/c1-9-12(17-2)5-4-10(14(9)18-3)11-8-19-13(16-11)6-7-15/h4-5,8H,6H2,1-3H3. The Bertz CT molecular complexity index is 629. The average Bonchev–Trinajstić information content (AvgIpc) is 2.87. The van der Waals surface area contributed by atoms with Crippen molar-refractivity contribution in [3.63, 3.8) is 0 Å². The predicted octanol–water partition coefficient (Wildman–Crippen LogP) is 3.20. The summed E-state index contributed by atoms with van der Waals surface area (Å²) in [7, 11) is 3.27. The van der Waals surface area contributed by atoms with Gasteiger partial charge in [0, 0.05) is 16.5 Å². The molecule has 0 bridgehead atoms. The molecule has 4 nitrogen and oxygen atoms in total. The third-order valence-corrected chi connectivity index (χ3v) is 3.69. The van der Waals surface area contributed by atoms with Gasteiger partial charge in [-0.2, -0.15) is 5.26 Å². The van der Waals surface area contributed by atoms with E-state index in [4.69, 9.17) is 14.7 Å². The Morgan fingerprint density at radius 1 is 1.32 bits per heavy atom. The van der Waals surface area contributed by atoms with Crippen molar-refractivity contribution in [1.82, 2.24) is 4.98 Å². The quantitative estimate of drug-likeness (QED) is 0.859. The molecule has 98 valence electrons. The zero-order valence-corrected chi connectivity index (χ0v) is 11.9. The lowest BCUT2D eigenvalue weighted by Crippen LogP contribution is -1.95. The summed E-state index contributed by atoms with van der Waals surface area (Å²) in [5.41, 5.74) is 2.69. The molecule has 0 aliphatic carbocycles. The predicted molar refractivity (Wildman–Crippen MR) is 74.7 cm³/mol. The van der Waals surface area contributed by atoms with E-state index >= 15 is 0 Å². The summed E-state index contributed by atoms with van der Waals surface area (Å²) in [6, 6.07) is 5.93. The molecule has 1 aromatic heterocycles. The molecule has 1 heterocycles. The van der Waals surface area contributed by atoms with Gasteiger partial charge in [0.2, 0.25) is 0 Å². The Labute approximate surface area is 116 Å². The number of hydrogen-bond acceptors (Lipinski definition) is 5. The van der Waals surface area contributed by atoms with E-state index in [0.717, 1.165) is 33.3 Å². The second-order valence-corrected chi connectivity index (χ2v) is 4.88. The molecular weight excluding hydrogens is 260 g/mol. The first-order valence-electron chi connectivity index (χ1n) is 5.74. The van der Waals surface area contributed by atoms with Crippen LogP contribution in [0.15, 0.2) is 17.5 Å². The third-order valence-electron chi connectivity index (χ3n) is 2.84. The topological polar surface area (TPSA) is 55.1 Å². The molecule has 19 heavy (non-hydrogen) atoms. The number of benzene rings is 1. The smallest absolute Gasteiger partial charge is 0.134 e. The third kappa shape index (κ3) is 2.54. The largest absolute Gasteiger partial charge is 0.496 e. The minimum Gasteiger partial charge on any atom is -0.496 e. The van der Waals surface area contributed by atoms with Crippen LogP contribution in [-0.4, -0.2) is 19.2 Å². The van der Waals surface area contributed by atoms with Crippen molar-refractivity contribution >= 4 is 11.3 Å². The number of methoxy groups -OCH3 is 2. The molecule has 1 aromatic carbocycles. The summed E-state index contributed by atoms with van der Waals surface area (Å²) < 4.78 is 10.7. The average molecular weight is 274 g/mol. The number of ether oxygens (including phenoxy) is 2. The molecule has 0 atom stereocenters. The molecule has 0 spiro atoms. The highest BCUT2D eigenvalue weighted by Crippen LogP contribution is 2.37. The van der Waals surface area contributed by atoms with Crippen LogP contribution in [-0.2, 0) is 6.42 Å². The maximum Gasteiger partial charge on any atom is 0.134 e. The van der Waals surface area contributed by atoms with E-state index < -0.39 is 0 Å². The fraction of sp³-hybridized carbons (Fsp3) is 0.286. The number of hydrogen-bond donors (Lipinski definition) is 0. The number of nitriles is 1. The van der Waals surface area contributed by atoms with Gasteiger partial charge < -0.3 is 9.47 Å². The molecule has 0 aliphatic rings. The van der Waals surface area contributed by atoms with Crippen molar-refractivity contribution in [2.75, 3.05) is 14.2 Å². The van der Waals surface area contributed by atoms with E-state index in [2.05, 4.69) is 11.1 Å². The van der Waals surface area contributed by atoms with E-state index in [9.17, 15) is 0 Å². The summed E-state index contributed by atoms with van der Waals surface area (Å²) in [5, 5.41) is 11.4. The Morgan fingerprint density at radius 3 is 2.74 bits per heavy atom. The number of rotatable bonds is 4. The van der Waals surface area contributed by atoms with Gasteiger partial charge in [-0.25, -0.2) is 4.98 Å². The van der Waals surface area contributed by atoms with E-state index in [-0.39, 0.29) is 0 Å². The Hall–Kier alpha value is -2.06. The summed E-state index contributed by atoms with van der Waals surface area (Å²) in [4.78, 5) is 4.45. The Morgan fingerprint density at radius 2 is 2.11 bits per heavy atom. The Balaban J connectivity index is 2.49. The summed E-state index contributed by atoms with van der Waals surface area (Å²) in [5.74, 6) is 1.54. The first-order chi connectivity index (χ1) is 9.21.